The van der Waals surface area contributed by atoms with Gasteiger partial charge in [0.25, 0.3) is 0 Å². The lowest BCUT2D eigenvalue weighted by Gasteiger charge is -2.17. The number of hydrogen-bond acceptors (Lipinski definition) is 4. The Morgan fingerprint density at radius 2 is 2.20 bits per heavy atom. The number of methoxy groups -OCH3 is 2. The van der Waals surface area contributed by atoms with E-state index >= 15 is 0 Å². The van der Waals surface area contributed by atoms with Gasteiger partial charge in [-0.3, -0.25) is 0 Å². The molecule has 0 aliphatic heterocycles. The topological polar surface area (TPSA) is 56.5 Å². The first-order valence-electron chi connectivity index (χ1n) is 5.74. The van der Waals surface area contributed by atoms with Crippen molar-refractivity contribution >= 4 is 0 Å². The fourth-order valence-electron chi connectivity index (χ4n) is 2.14. The maximum Gasteiger partial charge on any atom is 0.0928 e. The van der Waals surface area contributed by atoms with Crippen molar-refractivity contribution in [2.24, 2.45) is 11.7 Å². The Bertz CT molecular complexity index is 163. The number of nitrogens with one attached hydrogen (secondary N) is 1. The minimum absolute atomic E-state index is 0.157. The molecule has 1 rings (SSSR count). The molecule has 3 atom stereocenters. The van der Waals surface area contributed by atoms with E-state index in [9.17, 15) is 0 Å². The lowest BCUT2D eigenvalue weighted by atomic mass is 10.1. The average Bonchev–Trinajstić information content (AvgIpc) is 2.63. The molecule has 1 fully saturated rings. The number of ether oxygens (including phenoxy) is 2. The van der Waals surface area contributed by atoms with Crippen molar-refractivity contribution in [1.82, 2.24) is 5.32 Å². The summed E-state index contributed by atoms with van der Waals surface area (Å²) in [6, 6.07) is 0.425. The van der Waals surface area contributed by atoms with E-state index < -0.39 is 0 Å². The zero-order chi connectivity index (χ0) is 11.1. The van der Waals surface area contributed by atoms with Crippen LogP contribution in [0.1, 0.15) is 19.3 Å². The zero-order valence-corrected chi connectivity index (χ0v) is 9.87. The Morgan fingerprint density at radius 3 is 2.73 bits per heavy atom. The summed E-state index contributed by atoms with van der Waals surface area (Å²) in [6.07, 6.45) is 3.76. The largest absolute Gasteiger partial charge is 0.382 e. The summed E-state index contributed by atoms with van der Waals surface area (Å²) in [4.78, 5) is 0. The van der Waals surface area contributed by atoms with Crippen LogP contribution in [0.25, 0.3) is 0 Å². The molecule has 1 aliphatic carbocycles. The lowest BCUT2D eigenvalue weighted by Crippen LogP contribution is -2.34. The molecule has 1 saturated carbocycles. The molecule has 0 saturated heterocycles. The smallest absolute Gasteiger partial charge is 0.0928 e. The quantitative estimate of drug-likeness (QED) is 0.645. The van der Waals surface area contributed by atoms with Crippen LogP contribution in [-0.4, -0.2) is 46.1 Å². The van der Waals surface area contributed by atoms with Crippen LogP contribution < -0.4 is 11.1 Å². The molecule has 0 radical (unpaired) electrons. The first-order chi connectivity index (χ1) is 7.26. The van der Waals surface area contributed by atoms with Crippen LogP contribution >= 0.6 is 0 Å². The van der Waals surface area contributed by atoms with Crippen molar-refractivity contribution in [2.45, 2.75) is 31.4 Å². The number of rotatable bonds is 7. The zero-order valence-electron chi connectivity index (χ0n) is 9.87. The molecule has 3 N–H and O–H groups in total. The summed E-state index contributed by atoms with van der Waals surface area (Å²) in [5.74, 6) is 0.750. The fraction of sp³-hybridized carbons (Fsp3) is 1.00. The number of nitrogens with two attached hydrogens (primary N) is 1. The molecule has 15 heavy (non-hydrogen) atoms. The van der Waals surface area contributed by atoms with Gasteiger partial charge in [-0.15, -0.1) is 0 Å². The highest BCUT2D eigenvalue weighted by Gasteiger charge is 2.21. The van der Waals surface area contributed by atoms with Gasteiger partial charge in [0.1, 0.15) is 0 Å². The SMILES string of the molecule is COCC(CNCC1CCC(N)C1)OC. The standard InChI is InChI=1S/C11H24N2O2/c1-14-8-11(15-2)7-13-6-9-3-4-10(12)5-9/h9-11,13H,3-8,12H2,1-2H3. The third kappa shape index (κ3) is 4.93. The average molecular weight is 216 g/mol. The molecule has 1 aliphatic rings. The molecule has 90 valence electrons. The molecule has 4 heteroatoms. The van der Waals surface area contributed by atoms with Gasteiger partial charge in [0.15, 0.2) is 0 Å². The molecule has 0 bridgehead atoms. The Morgan fingerprint density at radius 1 is 1.40 bits per heavy atom. The fourth-order valence-corrected chi connectivity index (χ4v) is 2.14. The van der Waals surface area contributed by atoms with E-state index in [0.29, 0.717) is 12.6 Å². The van der Waals surface area contributed by atoms with Crippen molar-refractivity contribution in [2.75, 3.05) is 33.9 Å². The summed E-state index contributed by atoms with van der Waals surface area (Å²) in [6.45, 7) is 2.56. The van der Waals surface area contributed by atoms with E-state index in [-0.39, 0.29) is 6.10 Å². The van der Waals surface area contributed by atoms with E-state index in [4.69, 9.17) is 15.2 Å². The van der Waals surface area contributed by atoms with Gasteiger partial charge < -0.3 is 20.5 Å². The van der Waals surface area contributed by atoms with Crippen LogP contribution in [0.4, 0.5) is 0 Å². The highest BCUT2D eigenvalue weighted by Crippen LogP contribution is 2.22. The van der Waals surface area contributed by atoms with E-state index in [2.05, 4.69) is 5.32 Å². The van der Waals surface area contributed by atoms with Crippen LogP contribution in [0.15, 0.2) is 0 Å². The molecule has 0 amide bonds. The Kier molecular flexibility index (Phi) is 6.17. The molecule has 3 unspecified atom stereocenters. The molecular formula is C11H24N2O2. The lowest BCUT2D eigenvalue weighted by molar-refractivity contribution is 0.0285. The summed E-state index contributed by atoms with van der Waals surface area (Å²) in [7, 11) is 3.42. The monoisotopic (exact) mass is 216 g/mol. The molecule has 0 heterocycles. The van der Waals surface area contributed by atoms with Gasteiger partial charge in [0, 0.05) is 26.8 Å². The highest BCUT2D eigenvalue weighted by molar-refractivity contribution is 4.79. The second-order valence-electron chi connectivity index (χ2n) is 4.41. The third-order valence-corrected chi connectivity index (χ3v) is 3.07. The summed E-state index contributed by atoms with van der Waals surface area (Å²) in [5.41, 5.74) is 5.86. The maximum absolute atomic E-state index is 5.86. The highest BCUT2D eigenvalue weighted by atomic mass is 16.5. The van der Waals surface area contributed by atoms with Gasteiger partial charge in [-0.05, 0) is 31.7 Å². The van der Waals surface area contributed by atoms with Crippen LogP contribution in [0.2, 0.25) is 0 Å². The normalized spacial score (nSPS) is 28.2. The molecule has 0 aromatic heterocycles. The van der Waals surface area contributed by atoms with Crippen molar-refractivity contribution in [3.05, 3.63) is 0 Å². The minimum Gasteiger partial charge on any atom is -0.382 e. The minimum atomic E-state index is 0.157. The van der Waals surface area contributed by atoms with Gasteiger partial charge in [-0.2, -0.15) is 0 Å². The summed E-state index contributed by atoms with van der Waals surface area (Å²) < 4.78 is 10.3. The molecular weight excluding hydrogens is 192 g/mol. The maximum atomic E-state index is 5.86. The third-order valence-electron chi connectivity index (χ3n) is 3.07. The van der Waals surface area contributed by atoms with Crippen LogP contribution in [0, 0.1) is 5.92 Å². The summed E-state index contributed by atoms with van der Waals surface area (Å²) >= 11 is 0. The Labute approximate surface area is 92.5 Å². The first-order valence-corrected chi connectivity index (χ1v) is 5.74. The van der Waals surface area contributed by atoms with Crippen molar-refractivity contribution in [1.29, 1.82) is 0 Å². The summed E-state index contributed by atoms with van der Waals surface area (Å²) in [5, 5.41) is 3.42. The van der Waals surface area contributed by atoms with E-state index in [0.717, 1.165) is 25.4 Å². The number of hydrogen-bond donors (Lipinski definition) is 2. The Balaban J connectivity index is 2.04. The van der Waals surface area contributed by atoms with E-state index in [1.54, 1.807) is 14.2 Å². The van der Waals surface area contributed by atoms with Gasteiger partial charge in [0.2, 0.25) is 0 Å². The first kappa shape index (κ1) is 12.9. The van der Waals surface area contributed by atoms with Crippen LogP contribution in [0.3, 0.4) is 0 Å². The van der Waals surface area contributed by atoms with Crippen LogP contribution in [-0.2, 0) is 9.47 Å². The molecule has 4 nitrogen and oxygen atoms in total. The van der Waals surface area contributed by atoms with Crippen molar-refractivity contribution in [3.63, 3.8) is 0 Å². The van der Waals surface area contributed by atoms with Crippen molar-refractivity contribution < 1.29 is 9.47 Å². The molecule has 0 aromatic rings. The van der Waals surface area contributed by atoms with Crippen LogP contribution in [0.5, 0.6) is 0 Å². The molecule has 0 aromatic carbocycles. The predicted octanol–water partition coefficient (Wildman–Crippen LogP) is 0.365. The van der Waals surface area contributed by atoms with Gasteiger partial charge in [-0.1, -0.05) is 0 Å². The van der Waals surface area contributed by atoms with E-state index in [1.807, 2.05) is 0 Å². The van der Waals surface area contributed by atoms with Gasteiger partial charge in [0.05, 0.1) is 12.7 Å². The van der Waals surface area contributed by atoms with Gasteiger partial charge in [-0.25, -0.2) is 0 Å². The second kappa shape index (κ2) is 7.17. The van der Waals surface area contributed by atoms with E-state index in [1.165, 1.54) is 12.8 Å². The predicted molar refractivity (Wildman–Crippen MR) is 60.9 cm³/mol. The van der Waals surface area contributed by atoms with Gasteiger partial charge >= 0.3 is 0 Å². The molecule has 0 spiro atoms. The Hall–Kier alpha value is -0.160. The second-order valence-corrected chi connectivity index (χ2v) is 4.41. The van der Waals surface area contributed by atoms with Crippen molar-refractivity contribution in [3.8, 4) is 0 Å².